The number of allylic oxidation sites excluding steroid dienone is 1. The predicted molar refractivity (Wildman–Crippen MR) is 177 cm³/mol. The number of anilines is 1. The summed E-state index contributed by atoms with van der Waals surface area (Å²) in [6.07, 6.45) is 8.38. The molecule has 1 fully saturated rings. The zero-order valence-corrected chi connectivity index (χ0v) is 28.2. The van der Waals surface area contributed by atoms with Crippen LogP contribution in [0.5, 0.6) is 5.75 Å². The van der Waals surface area contributed by atoms with Crippen LogP contribution in [-0.4, -0.2) is 63.2 Å². The number of aryl methyl sites for hydroxylation is 1. The van der Waals surface area contributed by atoms with Crippen molar-refractivity contribution in [1.82, 2.24) is 4.72 Å². The van der Waals surface area contributed by atoms with Gasteiger partial charge in [0.25, 0.3) is 5.91 Å². The lowest BCUT2D eigenvalue weighted by molar-refractivity contribution is -0.136. The van der Waals surface area contributed by atoms with Gasteiger partial charge >= 0.3 is 0 Å². The molecule has 8 nitrogen and oxygen atoms in total. The van der Waals surface area contributed by atoms with E-state index in [0.717, 1.165) is 42.8 Å². The molecule has 4 aliphatic rings. The molecule has 2 heterocycles. The Hall–Kier alpha value is -2.59. The summed E-state index contributed by atoms with van der Waals surface area (Å²) in [7, 11) is -2.32. The number of carbonyl (C=O) groups is 1. The maximum atomic E-state index is 13.4. The van der Waals surface area contributed by atoms with Crippen molar-refractivity contribution in [2.45, 2.75) is 81.7 Å². The third-order valence-electron chi connectivity index (χ3n) is 11.2. The Morgan fingerprint density at radius 1 is 1.18 bits per heavy atom. The van der Waals surface area contributed by atoms with Gasteiger partial charge in [0.2, 0.25) is 10.0 Å². The van der Waals surface area contributed by atoms with Crippen molar-refractivity contribution in [1.29, 1.82) is 0 Å². The molecule has 7 atom stereocenters. The fraction of sp³-hybridized carbons (Fsp3) is 0.571. The molecule has 1 amide bonds. The van der Waals surface area contributed by atoms with Gasteiger partial charge in [-0.2, -0.15) is 0 Å². The molecule has 10 heteroatoms. The van der Waals surface area contributed by atoms with E-state index in [0.29, 0.717) is 31.9 Å². The minimum atomic E-state index is -3.97. The van der Waals surface area contributed by atoms with Crippen molar-refractivity contribution in [2.75, 3.05) is 31.7 Å². The number of amides is 1. The van der Waals surface area contributed by atoms with E-state index in [1.165, 1.54) is 11.1 Å². The monoisotopic (exact) mass is 656 g/mol. The lowest BCUT2D eigenvalue weighted by atomic mass is 9.62. The highest BCUT2D eigenvalue weighted by molar-refractivity contribution is 7.90. The summed E-state index contributed by atoms with van der Waals surface area (Å²) in [6.45, 7) is 7.07. The van der Waals surface area contributed by atoms with Crippen molar-refractivity contribution in [3.8, 4) is 5.75 Å². The molecule has 244 valence electrons. The number of nitrogens with zero attached hydrogens (tertiary/aromatic N) is 1. The Labute approximate surface area is 272 Å². The quantitative estimate of drug-likeness (QED) is 0.403. The summed E-state index contributed by atoms with van der Waals surface area (Å²) in [5, 5.41) is 11.1. The zero-order valence-electron chi connectivity index (χ0n) is 26.6. The molecule has 0 radical (unpaired) electrons. The Balaban J connectivity index is 1.47. The molecule has 0 unspecified atom stereocenters. The van der Waals surface area contributed by atoms with Gasteiger partial charge in [0, 0.05) is 36.2 Å². The predicted octanol–water partition coefficient (Wildman–Crippen LogP) is 5.65. The van der Waals surface area contributed by atoms with Gasteiger partial charge in [0.1, 0.15) is 11.4 Å². The summed E-state index contributed by atoms with van der Waals surface area (Å²) >= 11 is 6.42. The number of nitrogens with one attached hydrogen (secondary N) is 1. The topological polar surface area (TPSA) is 105 Å². The van der Waals surface area contributed by atoms with E-state index in [9.17, 15) is 18.3 Å². The molecular weight excluding hydrogens is 612 g/mol. The fourth-order valence-electron chi connectivity index (χ4n) is 8.13. The molecule has 6 rings (SSSR count). The number of fused-ring (bicyclic) bond motifs is 4. The number of rotatable bonds is 2. The average molecular weight is 657 g/mol. The molecule has 1 spiro atoms. The van der Waals surface area contributed by atoms with E-state index >= 15 is 0 Å². The van der Waals surface area contributed by atoms with Gasteiger partial charge in [-0.1, -0.05) is 36.7 Å². The summed E-state index contributed by atoms with van der Waals surface area (Å²) in [6, 6.07) is 11.4. The van der Waals surface area contributed by atoms with Crippen LogP contribution in [0.1, 0.15) is 74.4 Å². The number of benzene rings is 2. The standard InChI is InChI=1S/C35H45ClN2O6S/c1-22-7-5-16-35(43-4,24(3)39)30-12-9-27(30)19-38-20-34(15-6-8-25-17-28(36)11-13-29(25)34)21-44-32-14-10-26(18-31(32)38)33(40)37-45(41,42)23(22)2/h5,10-11,13-14,16-18,22-24,27,30,39H,6-9,12,15,19-21H2,1-4H3,(H,37,40)/b16-5-/t22-,23+,24-,27-,30+,34-,35+/m0/s1. The Morgan fingerprint density at radius 3 is 2.69 bits per heavy atom. The number of ether oxygens (including phenoxy) is 2. The van der Waals surface area contributed by atoms with E-state index in [4.69, 9.17) is 21.1 Å². The van der Waals surface area contributed by atoms with E-state index in [1.54, 1.807) is 39.2 Å². The highest BCUT2D eigenvalue weighted by Gasteiger charge is 2.51. The van der Waals surface area contributed by atoms with E-state index in [-0.39, 0.29) is 28.7 Å². The van der Waals surface area contributed by atoms with Gasteiger partial charge in [0.05, 0.1) is 23.6 Å². The van der Waals surface area contributed by atoms with Crippen LogP contribution >= 0.6 is 11.6 Å². The van der Waals surface area contributed by atoms with Crippen molar-refractivity contribution in [2.24, 2.45) is 17.8 Å². The fourth-order valence-corrected chi connectivity index (χ4v) is 9.61. The third kappa shape index (κ3) is 5.79. The van der Waals surface area contributed by atoms with Gasteiger partial charge in [-0.15, -0.1) is 0 Å². The summed E-state index contributed by atoms with van der Waals surface area (Å²) in [5.41, 5.74) is 2.32. The van der Waals surface area contributed by atoms with Crippen LogP contribution in [-0.2, 0) is 26.6 Å². The van der Waals surface area contributed by atoms with Gasteiger partial charge in [-0.05, 0) is 112 Å². The maximum absolute atomic E-state index is 13.4. The first kappa shape index (κ1) is 32.4. The molecule has 2 aromatic carbocycles. The van der Waals surface area contributed by atoms with E-state index in [2.05, 4.69) is 21.8 Å². The molecule has 2 aromatic rings. The van der Waals surface area contributed by atoms with Crippen molar-refractivity contribution in [3.63, 3.8) is 0 Å². The van der Waals surface area contributed by atoms with Crippen LogP contribution in [0.15, 0.2) is 48.6 Å². The van der Waals surface area contributed by atoms with E-state index < -0.39 is 32.9 Å². The van der Waals surface area contributed by atoms with Crippen LogP contribution in [0.25, 0.3) is 0 Å². The Bertz CT molecular complexity index is 1590. The van der Waals surface area contributed by atoms with Crippen LogP contribution in [0, 0.1) is 17.8 Å². The number of methoxy groups -OCH3 is 1. The molecule has 1 saturated carbocycles. The Kier molecular flexibility index (Phi) is 8.78. The summed E-state index contributed by atoms with van der Waals surface area (Å²) in [4.78, 5) is 15.8. The second-order valence-corrected chi connectivity index (χ2v) is 16.2. The number of halogens is 1. The molecule has 2 aliphatic carbocycles. The largest absolute Gasteiger partial charge is 0.490 e. The maximum Gasteiger partial charge on any atom is 0.264 e. The van der Waals surface area contributed by atoms with Crippen molar-refractivity contribution in [3.05, 3.63) is 70.3 Å². The van der Waals surface area contributed by atoms with Gasteiger partial charge in [0.15, 0.2) is 0 Å². The molecule has 0 saturated heterocycles. The minimum Gasteiger partial charge on any atom is -0.490 e. The lowest BCUT2D eigenvalue weighted by Crippen LogP contribution is -2.57. The highest BCUT2D eigenvalue weighted by atomic mass is 35.5. The smallest absolute Gasteiger partial charge is 0.264 e. The Morgan fingerprint density at radius 2 is 1.98 bits per heavy atom. The zero-order chi connectivity index (χ0) is 32.1. The van der Waals surface area contributed by atoms with Crippen LogP contribution in [0.3, 0.4) is 0 Å². The normalized spacial score (nSPS) is 34.3. The third-order valence-corrected chi connectivity index (χ3v) is 13.3. The summed E-state index contributed by atoms with van der Waals surface area (Å²) < 4.78 is 41.8. The van der Waals surface area contributed by atoms with Crippen LogP contribution < -0.4 is 14.4 Å². The second-order valence-electron chi connectivity index (χ2n) is 13.8. The molecular formula is C35H45ClN2O6S. The lowest BCUT2D eigenvalue weighted by Gasteiger charge is -2.51. The molecule has 0 aromatic heterocycles. The number of carbonyl (C=O) groups excluding carboxylic acids is 1. The number of aliphatic hydroxyl groups excluding tert-OH is 1. The average Bonchev–Trinajstić information content (AvgIpc) is 3.14. The molecule has 2 bridgehead atoms. The van der Waals surface area contributed by atoms with Crippen molar-refractivity contribution < 1.29 is 27.8 Å². The minimum absolute atomic E-state index is 0.0515. The molecule has 2 aliphatic heterocycles. The van der Waals surface area contributed by atoms with Gasteiger partial charge in [-0.3, -0.25) is 4.79 Å². The van der Waals surface area contributed by atoms with Crippen LogP contribution in [0.4, 0.5) is 5.69 Å². The first-order valence-corrected chi connectivity index (χ1v) is 18.1. The number of hydrogen-bond acceptors (Lipinski definition) is 7. The van der Waals surface area contributed by atoms with E-state index in [1.807, 2.05) is 25.1 Å². The van der Waals surface area contributed by atoms with Gasteiger partial charge in [-0.25, -0.2) is 13.1 Å². The number of hydrogen-bond donors (Lipinski definition) is 2. The van der Waals surface area contributed by atoms with Gasteiger partial charge < -0.3 is 19.5 Å². The summed E-state index contributed by atoms with van der Waals surface area (Å²) in [5.74, 6) is 0.00337. The molecule has 2 N–H and O–H groups in total. The number of sulfonamides is 1. The first-order chi connectivity index (χ1) is 21.4. The van der Waals surface area contributed by atoms with Crippen LogP contribution in [0.2, 0.25) is 5.02 Å². The first-order valence-electron chi connectivity index (χ1n) is 16.2. The molecule has 45 heavy (non-hydrogen) atoms. The highest BCUT2D eigenvalue weighted by Crippen LogP contribution is 2.49. The number of aliphatic hydroxyl groups is 1. The van der Waals surface area contributed by atoms with Crippen molar-refractivity contribution >= 4 is 33.2 Å². The second kappa shape index (κ2) is 12.2. The SMILES string of the molecule is CO[C@@]1([C@H](C)O)/C=C\C[C@H](C)[C@@H](C)S(=O)(=O)NC(=O)c2ccc3c(c2)N(C[C@@H]2CC[C@H]21)C[C@@]1(CCCc2cc(Cl)ccc21)CO3.